The summed E-state index contributed by atoms with van der Waals surface area (Å²) in [5.41, 5.74) is 3.17. The first kappa shape index (κ1) is 22.7. The van der Waals surface area contributed by atoms with Gasteiger partial charge in [-0.2, -0.15) is 0 Å². The van der Waals surface area contributed by atoms with Crippen LogP contribution in [0.1, 0.15) is 64.1 Å². The summed E-state index contributed by atoms with van der Waals surface area (Å²) < 4.78 is 0. The van der Waals surface area contributed by atoms with Gasteiger partial charge in [0.15, 0.2) is 0 Å². The minimum absolute atomic E-state index is 0. The van der Waals surface area contributed by atoms with Crippen molar-refractivity contribution in [1.29, 1.82) is 0 Å². The van der Waals surface area contributed by atoms with Crippen molar-refractivity contribution in [2.24, 2.45) is 0 Å². The number of piperazine rings is 1. The molecule has 0 saturated carbocycles. The highest BCUT2D eigenvalue weighted by Crippen LogP contribution is 2.29. The lowest BCUT2D eigenvalue weighted by Gasteiger charge is -2.35. The monoisotopic (exact) mass is 360 g/mol. The van der Waals surface area contributed by atoms with Gasteiger partial charge in [0.05, 0.1) is 0 Å². The molecule has 0 unspecified atom stereocenters. The van der Waals surface area contributed by atoms with Crippen LogP contribution in [0.15, 0.2) is 24.3 Å². The Kier molecular flexibility index (Phi) is 10.4. The number of hydrogen-bond donors (Lipinski definition) is 1. The molecule has 0 amide bonds. The second-order valence-electron chi connectivity index (χ2n) is 7.32. The van der Waals surface area contributed by atoms with Crippen LogP contribution in [-0.2, 0) is 5.41 Å². The zero-order valence-corrected chi connectivity index (χ0v) is 16.7. The van der Waals surface area contributed by atoms with E-state index in [0.29, 0.717) is 6.04 Å². The van der Waals surface area contributed by atoms with Crippen molar-refractivity contribution in [3.05, 3.63) is 35.4 Å². The van der Waals surface area contributed by atoms with Crippen LogP contribution in [-0.4, -0.2) is 31.1 Å². The molecule has 4 heteroatoms. The molecule has 1 N–H and O–H groups in total. The van der Waals surface area contributed by atoms with Crippen LogP contribution >= 0.6 is 24.8 Å². The Bertz CT molecular complexity index is 420. The van der Waals surface area contributed by atoms with Gasteiger partial charge in [-0.25, -0.2) is 0 Å². The zero-order chi connectivity index (χ0) is 15.3. The van der Waals surface area contributed by atoms with E-state index in [-0.39, 0.29) is 30.2 Å². The van der Waals surface area contributed by atoms with E-state index in [2.05, 4.69) is 62.2 Å². The van der Waals surface area contributed by atoms with Crippen LogP contribution in [0.25, 0.3) is 0 Å². The van der Waals surface area contributed by atoms with Gasteiger partial charge >= 0.3 is 0 Å². The zero-order valence-electron chi connectivity index (χ0n) is 15.1. The highest BCUT2D eigenvalue weighted by atomic mass is 35.5. The van der Waals surface area contributed by atoms with Crippen molar-refractivity contribution >= 4 is 24.8 Å². The largest absolute Gasteiger partial charge is 0.314 e. The van der Waals surface area contributed by atoms with Gasteiger partial charge in [-0.05, 0) is 23.0 Å². The lowest BCUT2D eigenvalue weighted by Crippen LogP contribution is -2.45. The quantitative estimate of drug-likeness (QED) is 0.797. The van der Waals surface area contributed by atoms with Crippen molar-refractivity contribution in [2.75, 3.05) is 26.2 Å². The Morgan fingerprint density at radius 1 is 1.04 bits per heavy atom. The van der Waals surface area contributed by atoms with E-state index in [4.69, 9.17) is 0 Å². The molecule has 0 bridgehead atoms. The van der Waals surface area contributed by atoms with Gasteiger partial charge in [-0.15, -0.1) is 24.8 Å². The Morgan fingerprint density at radius 3 is 2.09 bits per heavy atom. The lowest BCUT2D eigenvalue weighted by molar-refractivity contribution is 0.163. The predicted octanol–water partition coefficient (Wildman–Crippen LogP) is 4.96. The number of halogens is 2. The van der Waals surface area contributed by atoms with Gasteiger partial charge in [-0.3, -0.25) is 4.90 Å². The fraction of sp³-hybridized carbons (Fsp3) is 0.684. The Morgan fingerprint density at radius 2 is 1.61 bits per heavy atom. The molecule has 1 aromatic rings. The molecule has 1 saturated heterocycles. The van der Waals surface area contributed by atoms with Crippen molar-refractivity contribution in [2.45, 2.75) is 58.4 Å². The molecule has 1 atom stereocenters. The van der Waals surface area contributed by atoms with Gasteiger partial charge < -0.3 is 5.32 Å². The molecule has 0 aliphatic carbocycles. The average molecular weight is 361 g/mol. The summed E-state index contributed by atoms with van der Waals surface area (Å²) in [4.78, 5) is 2.66. The highest BCUT2D eigenvalue weighted by molar-refractivity contribution is 5.85. The number of rotatable bonds is 5. The average Bonchev–Trinajstić information content (AvgIpc) is 2.48. The van der Waals surface area contributed by atoms with E-state index >= 15 is 0 Å². The van der Waals surface area contributed by atoms with Crippen LogP contribution in [0.2, 0.25) is 0 Å². The minimum atomic E-state index is 0. The molecular weight excluding hydrogens is 327 g/mol. The topological polar surface area (TPSA) is 15.3 Å². The van der Waals surface area contributed by atoms with Crippen molar-refractivity contribution in [3.8, 4) is 0 Å². The van der Waals surface area contributed by atoms with Gasteiger partial charge in [0.25, 0.3) is 0 Å². The molecule has 134 valence electrons. The van der Waals surface area contributed by atoms with E-state index in [9.17, 15) is 0 Å². The van der Waals surface area contributed by atoms with Crippen molar-refractivity contribution in [1.82, 2.24) is 10.2 Å². The first-order valence-electron chi connectivity index (χ1n) is 8.57. The molecule has 1 aliphatic heterocycles. The summed E-state index contributed by atoms with van der Waals surface area (Å²) in [5, 5.41) is 3.46. The molecule has 1 aromatic carbocycles. The number of unbranched alkanes of at least 4 members (excludes halogenated alkanes) is 1. The SMILES string of the molecule is CCCC[C@@H](c1ccc(C(C)(C)C)cc1)N1CCNCC1.Cl.Cl. The van der Waals surface area contributed by atoms with E-state index in [0.717, 1.165) is 13.1 Å². The fourth-order valence-electron chi connectivity index (χ4n) is 3.16. The number of benzene rings is 1. The third-order valence-electron chi connectivity index (χ3n) is 4.58. The lowest BCUT2D eigenvalue weighted by atomic mass is 9.86. The molecule has 2 rings (SSSR count). The maximum Gasteiger partial charge on any atom is 0.0349 e. The van der Waals surface area contributed by atoms with Gasteiger partial charge in [0.2, 0.25) is 0 Å². The Labute approximate surface area is 155 Å². The summed E-state index contributed by atoms with van der Waals surface area (Å²) in [6.45, 7) is 13.8. The van der Waals surface area contributed by atoms with E-state index in [1.807, 2.05) is 0 Å². The van der Waals surface area contributed by atoms with E-state index in [1.165, 1.54) is 43.5 Å². The normalized spacial score (nSPS) is 17.0. The van der Waals surface area contributed by atoms with Gasteiger partial charge in [0, 0.05) is 32.2 Å². The summed E-state index contributed by atoms with van der Waals surface area (Å²) >= 11 is 0. The van der Waals surface area contributed by atoms with E-state index < -0.39 is 0 Å². The van der Waals surface area contributed by atoms with Gasteiger partial charge in [-0.1, -0.05) is 64.8 Å². The molecule has 1 fully saturated rings. The van der Waals surface area contributed by atoms with E-state index in [1.54, 1.807) is 0 Å². The molecule has 1 heterocycles. The maximum atomic E-state index is 3.46. The summed E-state index contributed by atoms with van der Waals surface area (Å²) in [6.07, 6.45) is 3.88. The molecule has 1 aliphatic rings. The maximum absolute atomic E-state index is 3.46. The second kappa shape index (κ2) is 10.6. The van der Waals surface area contributed by atoms with Crippen LogP contribution in [0.5, 0.6) is 0 Å². The molecular formula is C19H34Cl2N2. The predicted molar refractivity (Wildman–Crippen MR) is 106 cm³/mol. The Hall–Kier alpha value is -0.280. The van der Waals surface area contributed by atoms with Crippen molar-refractivity contribution in [3.63, 3.8) is 0 Å². The highest BCUT2D eigenvalue weighted by Gasteiger charge is 2.22. The number of nitrogens with one attached hydrogen (secondary N) is 1. The first-order chi connectivity index (χ1) is 10.0. The molecule has 23 heavy (non-hydrogen) atoms. The first-order valence-corrected chi connectivity index (χ1v) is 8.57. The second-order valence-corrected chi connectivity index (χ2v) is 7.32. The number of hydrogen-bond acceptors (Lipinski definition) is 2. The van der Waals surface area contributed by atoms with Crippen LogP contribution in [0.3, 0.4) is 0 Å². The summed E-state index contributed by atoms with van der Waals surface area (Å²) in [6, 6.07) is 9.99. The smallest absolute Gasteiger partial charge is 0.0349 e. The van der Waals surface area contributed by atoms with Crippen molar-refractivity contribution < 1.29 is 0 Å². The van der Waals surface area contributed by atoms with Crippen LogP contribution in [0, 0.1) is 0 Å². The Balaban J connectivity index is 0.00000242. The fourth-order valence-corrected chi connectivity index (χ4v) is 3.16. The third-order valence-corrected chi connectivity index (χ3v) is 4.58. The standard InChI is InChI=1S/C19H32N2.2ClH/c1-5-6-7-18(21-14-12-20-13-15-21)16-8-10-17(11-9-16)19(2,3)4;;/h8-11,18,20H,5-7,12-15H2,1-4H3;2*1H/t18-;;/m0../s1. The number of nitrogens with zero attached hydrogens (tertiary/aromatic N) is 1. The van der Waals surface area contributed by atoms with Gasteiger partial charge in [0.1, 0.15) is 0 Å². The minimum Gasteiger partial charge on any atom is -0.314 e. The molecule has 2 nitrogen and oxygen atoms in total. The summed E-state index contributed by atoms with van der Waals surface area (Å²) in [5.74, 6) is 0. The third kappa shape index (κ3) is 6.62. The van der Waals surface area contributed by atoms with Crippen LogP contribution < -0.4 is 5.32 Å². The summed E-state index contributed by atoms with van der Waals surface area (Å²) in [7, 11) is 0. The molecule has 0 spiro atoms. The molecule has 0 aromatic heterocycles. The van der Waals surface area contributed by atoms with Crippen LogP contribution in [0.4, 0.5) is 0 Å². The molecule has 0 radical (unpaired) electrons.